The first-order chi connectivity index (χ1) is 7.65. The minimum atomic E-state index is -0.486. The van der Waals surface area contributed by atoms with Crippen molar-refractivity contribution in [3.05, 3.63) is 12.2 Å². The summed E-state index contributed by atoms with van der Waals surface area (Å²) in [5.74, 6) is 0.786. The zero-order valence-corrected chi connectivity index (χ0v) is 9.26. The van der Waals surface area contributed by atoms with Crippen LogP contribution in [-0.2, 0) is 9.53 Å². The lowest BCUT2D eigenvalue weighted by Gasteiger charge is -2.26. The molecule has 0 aliphatic heterocycles. The van der Waals surface area contributed by atoms with Gasteiger partial charge in [0, 0.05) is 6.61 Å². The number of aliphatic hydroxyl groups is 2. The fraction of sp³-hybridized carbons (Fsp3) is 0.750. The highest BCUT2D eigenvalue weighted by Gasteiger charge is 2.47. The van der Waals surface area contributed by atoms with Crippen molar-refractivity contribution in [1.82, 2.24) is 0 Å². The summed E-state index contributed by atoms with van der Waals surface area (Å²) in [6.45, 7) is 3.34. The number of fused-ring (bicyclic) bond motifs is 2. The van der Waals surface area contributed by atoms with Crippen LogP contribution in [0.2, 0.25) is 0 Å². The third-order valence-electron chi connectivity index (χ3n) is 3.91. The highest BCUT2D eigenvalue weighted by atomic mass is 16.5. The maximum absolute atomic E-state index is 11.4. The molecule has 4 atom stereocenters. The van der Waals surface area contributed by atoms with Crippen LogP contribution < -0.4 is 0 Å². The second-order valence-corrected chi connectivity index (χ2v) is 4.88. The number of esters is 1. The molecular formula is C12H18O4. The Bertz CT molecular complexity index is 299. The monoisotopic (exact) mass is 226 g/mol. The van der Waals surface area contributed by atoms with E-state index in [9.17, 15) is 4.79 Å². The smallest absolute Gasteiger partial charge is 0.336 e. The van der Waals surface area contributed by atoms with E-state index in [0.29, 0.717) is 17.8 Å². The van der Waals surface area contributed by atoms with Crippen molar-refractivity contribution in [2.24, 2.45) is 17.8 Å². The van der Waals surface area contributed by atoms with Crippen LogP contribution in [0.5, 0.6) is 0 Å². The Morgan fingerprint density at radius 2 is 2.00 bits per heavy atom. The maximum Gasteiger partial charge on any atom is 0.336 e. The SMILES string of the molecule is C=C(CO)C(=O)OC1CC2CC1CC2CO. The Morgan fingerprint density at radius 3 is 2.50 bits per heavy atom. The molecule has 0 spiro atoms. The van der Waals surface area contributed by atoms with Crippen molar-refractivity contribution < 1.29 is 19.7 Å². The molecule has 0 aromatic carbocycles. The van der Waals surface area contributed by atoms with Gasteiger partial charge in [0.2, 0.25) is 0 Å². The van der Waals surface area contributed by atoms with Crippen LogP contribution >= 0.6 is 0 Å². The summed E-state index contributed by atoms with van der Waals surface area (Å²) in [6, 6.07) is 0. The summed E-state index contributed by atoms with van der Waals surface area (Å²) < 4.78 is 5.31. The molecule has 0 aromatic heterocycles. The second kappa shape index (κ2) is 4.55. The van der Waals surface area contributed by atoms with Gasteiger partial charge in [0.25, 0.3) is 0 Å². The van der Waals surface area contributed by atoms with E-state index in [4.69, 9.17) is 14.9 Å². The Labute approximate surface area is 94.9 Å². The van der Waals surface area contributed by atoms with Crippen LogP contribution in [0.25, 0.3) is 0 Å². The van der Waals surface area contributed by atoms with Gasteiger partial charge in [-0.2, -0.15) is 0 Å². The molecule has 2 rings (SSSR count). The van der Waals surface area contributed by atoms with Crippen LogP contribution in [0.4, 0.5) is 0 Å². The molecule has 4 heteroatoms. The third-order valence-corrected chi connectivity index (χ3v) is 3.91. The molecule has 0 heterocycles. The number of aliphatic hydroxyl groups excluding tert-OH is 2. The van der Waals surface area contributed by atoms with Crippen molar-refractivity contribution in [1.29, 1.82) is 0 Å². The standard InChI is InChI=1S/C12H18O4/c1-7(5-13)12(15)16-11-4-8-2-9(11)3-10(8)6-14/h8-11,13-14H,1-6H2. The molecule has 0 radical (unpaired) electrons. The van der Waals surface area contributed by atoms with E-state index in [2.05, 4.69) is 6.58 Å². The van der Waals surface area contributed by atoms with E-state index < -0.39 is 5.97 Å². The molecule has 2 bridgehead atoms. The van der Waals surface area contributed by atoms with Gasteiger partial charge in [0.1, 0.15) is 6.10 Å². The van der Waals surface area contributed by atoms with E-state index in [1.807, 2.05) is 0 Å². The predicted molar refractivity (Wildman–Crippen MR) is 57.5 cm³/mol. The van der Waals surface area contributed by atoms with Crippen molar-refractivity contribution in [2.45, 2.75) is 25.4 Å². The van der Waals surface area contributed by atoms with Gasteiger partial charge in [-0.25, -0.2) is 4.79 Å². The second-order valence-electron chi connectivity index (χ2n) is 4.88. The Morgan fingerprint density at radius 1 is 1.25 bits per heavy atom. The molecule has 0 amide bonds. The van der Waals surface area contributed by atoms with Gasteiger partial charge in [-0.05, 0) is 37.0 Å². The van der Waals surface area contributed by atoms with E-state index in [-0.39, 0.29) is 24.9 Å². The Kier molecular flexibility index (Phi) is 3.30. The van der Waals surface area contributed by atoms with Gasteiger partial charge in [0.05, 0.1) is 12.2 Å². The summed E-state index contributed by atoms with van der Waals surface area (Å²) in [7, 11) is 0. The zero-order chi connectivity index (χ0) is 11.7. The van der Waals surface area contributed by atoms with Gasteiger partial charge >= 0.3 is 5.97 Å². The van der Waals surface area contributed by atoms with Crippen molar-refractivity contribution in [3.8, 4) is 0 Å². The van der Waals surface area contributed by atoms with Crippen LogP contribution in [-0.4, -0.2) is 35.5 Å². The van der Waals surface area contributed by atoms with Crippen LogP contribution in [0.3, 0.4) is 0 Å². The zero-order valence-electron chi connectivity index (χ0n) is 9.26. The highest BCUT2D eigenvalue weighted by Crippen LogP contribution is 2.49. The lowest BCUT2D eigenvalue weighted by Crippen LogP contribution is -2.29. The normalized spacial score (nSPS) is 36.4. The van der Waals surface area contributed by atoms with E-state index >= 15 is 0 Å². The molecule has 4 unspecified atom stereocenters. The summed E-state index contributed by atoms with van der Waals surface area (Å²) in [6.07, 6.45) is 2.81. The molecule has 2 fully saturated rings. The first kappa shape index (κ1) is 11.6. The van der Waals surface area contributed by atoms with Crippen molar-refractivity contribution in [2.75, 3.05) is 13.2 Å². The first-order valence-electron chi connectivity index (χ1n) is 5.76. The molecule has 2 N–H and O–H groups in total. The average molecular weight is 226 g/mol. The number of hydrogen-bond donors (Lipinski definition) is 2. The largest absolute Gasteiger partial charge is 0.459 e. The molecule has 2 aliphatic carbocycles. The summed E-state index contributed by atoms with van der Waals surface area (Å²) in [5, 5.41) is 17.9. The highest BCUT2D eigenvalue weighted by molar-refractivity contribution is 5.88. The third kappa shape index (κ3) is 1.99. The van der Waals surface area contributed by atoms with E-state index in [1.165, 1.54) is 0 Å². The molecule has 4 nitrogen and oxygen atoms in total. The lowest BCUT2D eigenvalue weighted by molar-refractivity contribution is -0.147. The maximum atomic E-state index is 11.4. The van der Waals surface area contributed by atoms with E-state index in [0.717, 1.165) is 19.3 Å². The van der Waals surface area contributed by atoms with Gasteiger partial charge in [-0.3, -0.25) is 0 Å². The van der Waals surface area contributed by atoms with Gasteiger partial charge in [0.15, 0.2) is 0 Å². The van der Waals surface area contributed by atoms with Gasteiger partial charge in [-0.1, -0.05) is 6.58 Å². The van der Waals surface area contributed by atoms with Crippen LogP contribution in [0.15, 0.2) is 12.2 Å². The molecule has 0 saturated heterocycles. The Balaban J connectivity index is 1.87. The fourth-order valence-corrected chi connectivity index (χ4v) is 3.00. The summed E-state index contributed by atoms with van der Waals surface area (Å²) >= 11 is 0. The molecule has 2 saturated carbocycles. The van der Waals surface area contributed by atoms with Gasteiger partial charge in [-0.15, -0.1) is 0 Å². The summed E-state index contributed by atoms with van der Waals surface area (Å²) in [4.78, 5) is 11.4. The molecule has 0 aromatic rings. The lowest BCUT2D eigenvalue weighted by atomic mass is 9.88. The van der Waals surface area contributed by atoms with Gasteiger partial charge < -0.3 is 14.9 Å². The van der Waals surface area contributed by atoms with Crippen molar-refractivity contribution >= 4 is 5.97 Å². The summed E-state index contributed by atoms with van der Waals surface area (Å²) in [5.41, 5.74) is 0.112. The molecule has 16 heavy (non-hydrogen) atoms. The topological polar surface area (TPSA) is 66.8 Å². The van der Waals surface area contributed by atoms with Crippen molar-refractivity contribution in [3.63, 3.8) is 0 Å². The quantitative estimate of drug-likeness (QED) is 0.540. The number of rotatable bonds is 4. The van der Waals surface area contributed by atoms with Crippen LogP contribution in [0.1, 0.15) is 19.3 Å². The number of carbonyl (C=O) groups excluding carboxylic acids is 1. The Hall–Kier alpha value is -0.870. The fourth-order valence-electron chi connectivity index (χ4n) is 3.00. The predicted octanol–water partition coefficient (Wildman–Crippen LogP) is 0.485. The van der Waals surface area contributed by atoms with Crippen LogP contribution in [0, 0.1) is 17.8 Å². The molecule has 90 valence electrons. The number of carbonyl (C=O) groups is 1. The first-order valence-corrected chi connectivity index (χ1v) is 5.76. The van der Waals surface area contributed by atoms with E-state index in [1.54, 1.807) is 0 Å². The minimum absolute atomic E-state index is 0.0383. The molecule has 2 aliphatic rings. The number of ether oxygens (including phenoxy) is 1. The number of hydrogen-bond acceptors (Lipinski definition) is 4. The average Bonchev–Trinajstić information content (AvgIpc) is 2.86. The molecular weight excluding hydrogens is 208 g/mol. The minimum Gasteiger partial charge on any atom is -0.459 e.